The topological polar surface area (TPSA) is 70.7 Å². The number of anilines is 1. The number of halogens is 3. The highest BCUT2D eigenvalue weighted by Crippen LogP contribution is 2.42. The van der Waals surface area contributed by atoms with Gasteiger partial charge in [-0.15, -0.1) is 0 Å². The van der Waals surface area contributed by atoms with Gasteiger partial charge in [0.15, 0.2) is 0 Å². The van der Waals surface area contributed by atoms with E-state index in [4.69, 9.17) is 40.6 Å². The summed E-state index contributed by atoms with van der Waals surface area (Å²) < 4.78 is 0. The van der Waals surface area contributed by atoms with Crippen LogP contribution in [0.2, 0.25) is 15.1 Å². The zero-order valence-electron chi connectivity index (χ0n) is 13.2. The summed E-state index contributed by atoms with van der Waals surface area (Å²) >= 11 is 18.3. The fourth-order valence-corrected chi connectivity index (χ4v) is 3.54. The number of amides is 1. The minimum atomic E-state index is -0.431. The molecule has 5 nitrogen and oxygen atoms in total. The molecule has 0 fully saturated rings. The molecule has 0 saturated carbocycles. The lowest BCUT2D eigenvalue weighted by molar-refractivity contribution is -0.115. The number of carbonyl (C=O) groups excluding carboxylic acids is 1. The second kappa shape index (κ2) is 7.22. The summed E-state index contributed by atoms with van der Waals surface area (Å²) in [5.41, 5.74) is 4.07. The first-order valence-corrected chi connectivity index (χ1v) is 8.65. The summed E-state index contributed by atoms with van der Waals surface area (Å²) in [6.07, 6.45) is 0. The van der Waals surface area contributed by atoms with E-state index in [-0.39, 0.29) is 12.0 Å². The van der Waals surface area contributed by atoms with Crippen LogP contribution in [0.1, 0.15) is 18.5 Å². The van der Waals surface area contributed by atoms with Crippen LogP contribution in [-0.4, -0.2) is 11.6 Å². The van der Waals surface area contributed by atoms with Crippen LogP contribution in [0.4, 0.5) is 5.69 Å². The number of nitrogens with two attached hydrogens (primary N) is 1. The van der Waals surface area contributed by atoms with Gasteiger partial charge in [0.25, 0.3) is 5.91 Å². The molecule has 1 heterocycles. The Morgan fingerprint density at radius 1 is 1.12 bits per heavy atom. The molecule has 0 saturated heterocycles. The maximum absolute atomic E-state index is 12.1. The van der Waals surface area contributed by atoms with Crippen LogP contribution in [0.3, 0.4) is 0 Å². The molecule has 1 aliphatic heterocycles. The Morgan fingerprint density at radius 2 is 1.76 bits per heavy atom. The number of nitrogens with one attached hydrogen (secondary N) is 1. The summed E-state index contributed by atoms with van der Waals surface area (Å²) in [5, 5.41) is 7.79. The predicted octanol–water partition coefficient (Wildman–Crippen LogP) is 4.19. The largest absolute Gasteiger partial charge is 0.289 e. The molecule has 0 unspecified atom stereocenters. The van der Waals surface area contributed by atoms with Gasteiger partial charge in [-0.25, -0.2) is 5.84 Å². The maximum Gasteiger partial charge on any atom is 0.281 e. The Morgan fingerprint density at radius 3 is 2.36 bits per heavy atom. The Hall–Kier alpha value is -1.79. The molecule has 25 heavy (non-hydrogen) atoms. The molecular weight excluding hydrogens is 383 g/mol. The molecule has 0 spiro atoms. The van der Waals surface area contributed by atoms with Crippen LogP contribution >= 0.6 is 34.8 Å². The van der Waals surface area contributed by atoms with Crippen molar-refractivity contribution < 1.29 is 4.79 Å². The zero-order chi connectivity index (χ0) is 18.1. The lowest BCUT2D eigenvalue weighted by Gasteiger charge is -2.27. The normalized spacial score (nSPS) is 19.7. The summed E-state index contributed by atoms with van der Waals surface area (Å²) in [5.74, 6) is 4.65. The first-order valence-electron chi connectivity index (χ1n) is 7.51. The van der Waals surface area contributed by atoms with E-state index in [1.165, 1.54) is 0 Å². The van der Waals surface area contributed by atoms with E-state index < -0.39 is 5.91 Å². The number of benzene rings is 2. The van der Waals surface area contributed by atoms with Crippen molar-refractivity contribution in [3.05, 3.63) is 63.1 Å². The summed E-state index contributed by atoms with van der Waals surface area (Å²) in [4.78, 5) is 12.1. The van der Waals surface area contributed by atoms with Gasteiger partial charge in [-0.2, -0.15) is 5.10 Å². The molecule has 2 aromatic carbocycles. The molecule has 1 amide bonds. The Bertz CT molecular complexity index is 838. The zero-order valence-corrected chi connectivity index (χ0v) is 15.5. The maximum atomic E-state index is 12.1. The van der Waals surface area contributed by atoms with Gasteiger partial charge in [0.05, 0.1) is 16.8 Å². The molecule has 8 heteroatoms. The smallest absolute Gasteiger partial charge is 0.281 e. The van der Waals surface area contributed by atoms with Gasteiger partial charge in [-0.05, 0) is 35.9 Å². The first kappa shape index (κ1) is 18.0. The molecule has 3 N–H and O–H groups in total. The van der Waals surface area contributed by atoms with Crippen LogP contribution in [0, 0.1) is 5.92 Å². The Balaban J connectivity index is 2.10. The quantitative estimate of drug-likeness (QED) is 0.463. The number of hydrogen-bond donors (Lipinski definition) is 2. The number of nitrogens with zero attached hydrogens (tertiary/aromatic N) is 2. The highest BCUT2D eigenvalue weighted by atomic mass is 35.5. The lowest BCUT2D eigenvalue weighted by atomic mass is 9.91. The van der Waals surface area contributed by atoms with Crippen molar-refractivity contribution in [2.24, 2.45) is 16.9 Å². The molecule has 0 radical (unpaired) electrons. The summed E-state index contributed by atoms with van der Waals surface area (Å²) in [7, 11) is 0. The van der Waals surface area contributed by atoms with Crippen LogP contribution in [0.25, 0.3) is 0 Å². The van der Waals surface area contributed by atoms with E-state index in [0.29, 0.717) is 26.5 Å². The van der Waals surface area contributed by atoms with Crippen LogP contribution in [0.15, 0.2) is 47.6 Å². The number of carbonyl (C=O) groups is 1. The first-order chi connectivity index (χ1) is 11.9. The number of rotatable bonds is 3. The van der Waals surface area contributed by atoms with Crippen molar-refractivity contribution in [1.29, 1.82) is 0 Å². The second-order valence-electron chi connectivity index (χ2n) is 5.68. The van der Waals surface area contributed by atoms with Gasteiger partial charge in [-0.3, -0.25) is 15.2 Å². The van der Waals surface area contributed by atoms with E-state index >= 15 is 0 Å². The van der Waals surface area contributed by atoms with E-state index in [0.717, 1.165) is 5.56 Å². The standard InChI is InChI=1S/C17H15Cl3N4O/c1-9-15(17(25)22-21)23-24(14-7-6-12(19)8-13(14)20)16(9)10-2-4-11(18)5-3-10/h2-9,16H,21H2,1H3,(H,22,25)/t9-,16+/m0/s1. The van der Waals surface area contributed by atoms with Gasteiger partial charge in [0.2, 0.25) is 0 Å². The SMILES string of the molecule is C[C@H]1C(C(=O)NN)=NN(c2ccc(Cl)cc2Cl)[C@H]1c1ccc(Cl)cc1. The summed E-state index contributed by atoms with van der Waals surface area (Å²) in [6, 6.07) is 12.3. The minimum absolute atomic E-state index is 0.212. The molecule has 0 aromatic heterocycles. The third-order valence-corrected chi connectivity index (χ3v) is 4.91. The molecule has 2 aromatic rings. The van der Waals surface area contributed by atoms with Crippen LogP contribution in [0.5, 0.6) is 0 Å². The van der Waals surface area contributed by atoms with Crippen molar-refractivity contribution in [2.75, 3.05) is 5.01 Å². The third kappa shape index (κ3) is 3.46. The fraction of sp³-hybridized carbons (Fsp3) is 0.176. The van der Waals surface area contributed by atoms with Gasteiger partial charge < -0.3 is 0 Å². The monoisotopic (exact) mass is 396 g/mol. The van der Waals surface area contributed by atoms with E-state index in [9.17, 15) is 4.79 Å². The van der Waals surface area contributed by atoms with E-state index in [2.05, 4.69) is 10.5 Å². The third-order valence-electron chi connectivity index (χ3n) is 4.12. The van der Waals surface area contributed by atoms with Crippen molar-refractivity contribution >= 4 is 52.1 Å². The van der Waals surface area contributed by atoms with Gasteiger partial charge in [-0.1, -0.05) is 53.9 Å². The molecule has 0 bridgehead atoms. The lowest BCUT2D eigenvalue weighted by Crippen LogP contribution is -2.38. The number of hydrazone groups is 1. The Labute approximate surface area is 160 Å². The highest BCUT2D eigenvalue weighted by molar-refractivity contribution is 6.41. The average molecular weight is 398 g/mol. The van der Waals surface area contributed by atoms with E-state index in [1.54, 1.807) is 35.3 Å². The van der Waals surface area contributed by atoms with Crippen molar-refractivity contribution in [1.82, 2.24) is 5.43 Å². The van der Waals surface area contributed by atoms with Crippen molar-refractivity contribution in [3.8, 4) is 0 Å². The van der Waals surface area contributed by atoms with Crippen LogP contribution in [-0.2, 0) is 4.79 Å². The van der Waals surface area contributed by atoms with Crippen molar-refractivity contribution in [3.63, 3.8) is 0 Å². The van der Waals surface area contributed by atoms with Gasteiger partial charge in [0.1, 0.15) is 5.71 Å². The molecule has 2 atom stereocenters. The number of hydrazine groups is 1. The fourth-order valence-electron chi connectivity index (χ4n) is 2.92. The molecule has 1 aliphatic rings. The highest BCUT2D eigenvalue weighted by Gasteiger charge is 2.39. The summed E-state index contributed by atoms with van der Waals surface area (Å²) in [6.45, 7) is 1.91. The molecule has 0 aliphatic carbocycles. The minimum Gasteiger partial charge on any atom is -0.289 e. The number of hydrogen-bond acceptors (Lipinski definition) is 4. The predicted molar refractivity (Wildman–Crippen MR) is 102 cm³/mol. The molecular formula is C17H15Cl3N4O. The van der Waals surface area contributed by atoms with Crippen molar-refractivity contribution in [2.45, 2.75) is 13.0 Å². The second-order valence-corrected chi connectivity index (χ2v) is 6.96. The van der Waals surface area contributed by atoms with Crippen LogP contribution < -0.4 is 16.3 Å². The molecule has 3 rings (SSSR count). The Kier molecular flexibility index (Phi) is 5.20. The molecule has 130 valence electrons. The van der Waals surface area contributed by atoms with E-state index in [1.807, 2.05) is 19.1 Å². The van der Waals surface area contributed by atoms with Gasteiger partial charge in [0, 0.05) is 16.0 Å². The van der Waals surface area contributed by atoms with Gasteiger partial charge >= 0.3 is 0 Å². The average Bonchev–Trinajstić information content (AvgIpc) is 2.92.